The second kappa shape index (κ2) is 4.75. The molecule has 0 fully saturated rings. The quantitative estimate of drug-likeness (QED) is 0.801. The number of rotatable bonds is 3. The van der Waals surface area contributed by atoms with Gasteiger partial charge in [-0.2, -0.15) is 13.2 Å². The number of aromatic nitrogens is 2. The molecule has 2 aromatic rings. The van der Waals surface area contributed by atoms with Crippen LogP contribution in [0, 0.1) is 0 Å². The first kappa shape index (κ1) is 13.1. The van der Waals surface area contributed by atoms with Crippen molar-refractivity contribution >= 4 is 5.97 Å². The second-order valence-electron chi connectivity index (χ2n) is 3.30. The second-order valence-corrected chi connectivity index (χ2v) is 3.30. The molecule has 102 valence electrons. The molecule has 6 nitrogen and oxygen atoms in total. The van der Waals surface area contributed by atoms with Gasteiger partial charge in [-0.1, -0.05) is 5.16 Å². The minimum atomic E-state index is -4.84. The normalized spacial score (nSPS) is 11.6. The standard InChI is InChI=1S/C10H7F3N2O4/c1-2-17-9(16)6-7(10(11,12)13)14-8(19-6)5-3-4-18-15-5/h3-4H,2H2,1H3. The van der Waals surface area contributed by atoms with Crippen molar-refractivity contribution in [3.05, 3.63) is 23.8 Å². The summed E-state index contributed by atoms with van der Waals surface area (Å²) in [7, 11) is 0. The number of hydrogen-bond acceptors (Lipinski definition) is 6. The maximum absolute atomic E-state index is 12.7. The highest BCUT2D eigenvalue weighted by Gasteiger charge is 2.42. The van der Waals surface area contributed by atoms with Crippen LogP contribution in [0.25, 0.3) is 11.6 Å². The Kier molecular flexibility index (Phi) is 3.28. The van der Waals surface area contributed by atoms with Crippen molar-refractivity contribution in [2.24, 2.45) is 0 Å². The van der Waals surface area contributed by atoms with Crippen LogP contribution < -0.4 is 0 Å². The lowest BCUT2D eigenvalue weighted by atomic mass is 10.3. The van der Waals surface area contributed by atoms with Gasteiger partial charge in [-0.15, -0.1) is 0 Å². The number of oxazole rings is 1. The first-order valence-corrected chi connectivity index (χ1v) is 5.09. The molecule has 0 spiro atoms. The van der Waals surface area contributed by atoms with Crippen molar-refractivity contribution in [1.82, 2.24) is 10.1 Å². The number of hydrogen-bond donors (Lipinski definition) is 0. The molecule has 9 heteroatoms. The van der Waals surface area contributed by atoms with Gasteiger partial charge in [0.1, 0.15) is 6.26 Å². The summed E-state index contributed by atoms with van der Waals surface area (Å²) in [6.07, 6.45) is -3.70. The molecule has 0 aliphatic rings. The van der Waals surface area contributed by atoms with Crippen molar-refractivity contribution in [2.45, 2.75) is 13.1 Å². The van der Waals surface area contributed by atoms with E-state index in [1.54, 1.807) is 0 Å². The molecule has 0 aromatic carbocycles. The van der Waals surface area contributed by atoms with Crippen molar-refractivity contribution in [2.75, 3.05) is 6.61 Å². The van der Waals surface area contributed by atoms with Gasteiger partial charge in [0.2, 0.25) is 11.7 Å². The Morgan fingerprint density at radius 2 is 2.21 bits per heavy atom. The molecule has 0 bridgehead atoms. The summed E-state index contributed by atoms with van der Waals surface area (Å²) in [6.45, 7) is 1.37. The van der Waals surface area contributed by atoms with Crippen LogP contribution in [0.15, 0.2) is 21.3 Å². The van der Waals surface area contributed by atoms with Gasteiger partial charge in [-0.05, 0) is 6.92 Å². The van der Waals surface area contributed by atoms with E-state index in [4.69, 9.17) is 4.42 Å². The maximum atomic E-state index is 12.7. The molecule has 0 aliphatic heterocycles. The van der Waals surface area contributed by atoms with Gasteiger partial charge in [0.25, 0.3) is 0 Å². The van der Waals surface area contributed by atoms with E-state index in [1.165, 1.54) is 13.0 Å². The summed E-state index contributed by atoms with van der Waals surface area (Å²) in [4.78, 5) is 14.6. The Bertz CT molecular complexity index is 574. The van der Waals surface area contributed by atoms with E-state index in [1.807, 2.05) is 0 Å². The average Bonchev–Trinajstić information content (AvgIpc) is 2.97. The third kappa shape index (κ3) is 2.59. The van der Waals surface area contributed by atoms with E-state index in [0.29, 0.717) is 0 Å². The fraction of sp³-hybridized carbons (Fsp3) is 0.300. The molecule has 0 atom stereocenters. The number of carbonyl (C=O) groups is 1. The first-order valence-electron chi connectivity index (χ1n) is 5.09. The van der Waals surface area contributed by atoms with Crippen LogP contribution in [-0.4, -0.2) is 22.7 Å². The molecule has 0 radical (unpaired) electrons. The van der Waals surface area contributed by atoms with Gasteiger partial charge < -0.3 is 13.7 Å². The number of esters is 1. The summed E-state index contributed by atoms with van der Waals surface area (Å²) < 4.78 is 51.9. The van der Waals surface area contributed by atoms with E-state index < -0.39 is 29.5 Å². The number of ether oxygens (including phenoxy) is 1. The van der Waals surface area contributed by atoms with Crippen LogP contribution in [0.5, 0.6) is 0 Å². The fourth-order valence-electron chi connectivity index (χ4n) is 1.28. The van der Waals surface area contributed by atoms with E-state index in [2.05, 4.69) is 19.4 Å². The van der Waals surface area contributed by atoms with Gasteiger partial charge in [-0.25, -0.2) is 9.78 Å². The number of carbonyl (C=O) groups excluding carboxylic acids is 1. The van der Waals surface area contributed by atoms with Crippen LogP contribution in [0.2, 0.25) is 0 Å². The predicted octanol–water partition coefficient (Wildman–Crippen LogP) is 2.53. The van der Waals surface area contributed by atoms with Crippen LogP contribution >= 0.6 is 0 Å². The van der Waals surface area contributed by atoms with Gasteiger partial charge in [0.15, 0.2) is 11.4 Å². The third-order valence-corrected chi connectivity index (χ3v) is 2.01. The van der Waals surface area contributed by atoms with E-state index in [9.17, 15) is 18.0 Å². The van der Waals surface area contributed by atoms with E-state index in [0.717, 1.165) is 6.26 Å². The Labute approximate surface area is 104 Å². The monoisotopic (exact) mass is 276 g/mol. The molecule has 0 amide bonds. The number of halogens is 3. The SMILES string of the molecule is CCOC(=O)c1oc(-c2ccon2)nc1C(F)(F)F. The Hall–Kier alpha value is -2.32. The lowest BCUT2D eigenvalue weighted by Crippen LogP contribution is -2.14. The molecule has 2 heterocycles. The van der Waals surface area contributed by atoms with Gasteiger partial charge in [-0.3, -0.25) is 0 Å². The average molecular weight is 276 g/mol. The van der Waals surface area contributed by atoms with Crippen LogP contribution in [0.1, 0.15) is 23.2 Å². The highest BCUT2D eigenvalue weighted by molar-refractivity contribution is 5.88. The predicted molar refractivity (Wildman–Crippen MR) is 53.0 cm³/mol. The molecule has 0 saturated carbocycles. The highest BCUT2D eigenvalue weighted by atomic mass is 19.4. The van der Waals surface area contributed by atoms with Crippen LogP contribution in [-0.2, 0) is 10.9 Å². The molecule has 2 rings (SSSR count). The van der Waals surface area contributed by atoms with E-state index in [-0.39, 0.29) is 12.3 Å². The molecule has 0 N–H and O–H groups in total. The molecule has 2 aromatic heterocycles. The van der Waals surface area contributed by atoms with Crippen LogP contribution in [0.3, 0.4) is 0 Å². The Morgan fingerprint density at radius 3 is 2.74 bits per heavy atom. The molecule has 0 unspecified atom stereocenters. The van der Waals surface area contributed by atoms with Gasteiger partial charge >= 0.3 is 12.1 Å². The minimum Gasteiger partial charge on any atom is -0.460 e. The van der Waals surface area contributed by atoms with Gasteiger partial charge in [0.05, 0.1) is 6.61 Å². The highest BCUT2D eigenvalue weighted by Crippen LogP contribution is 2.34. The number of nitrogens with zero attached hydrogens (tertiary/aromatic N) is 2. The molecular weight excluding hydrogens is 269 g/mol. The van der Waals surface area contributed by atoms with Crippen molar-refractivity contribution in [3.8, 4) is 11.6 Å². The van der Waals surface area contributed by atoms with E-state index >= 15 is 0 Å². The maximum Gasteiger partial charge on any atom is 0.437 e. The summed E-state index contributed by atoms with van der Waals surface area (Å²) in [5, 5.41) is 3.38. The smallest absolute Gasteiger partial charge is 0.437 e. The summed E-state index contributed by atoms with van der Waals surface area (Å²) in [5.41, 5.74) is -1.51. The van der Waals surface area contributed by atoms with Crippen molar-refractivity contribution in [1.29, 1.82) is 0 Å². The molecule has 0 aliphatic carbocycles. The molecular formula is C10H7F3N2O4. The summed E-state index contributed by atoms with van der Waals surface area (Å²) >= 11 is 0. The largest absolute Gasteiger partial charge is 0.460 e. The van der Waals surface area contributed by atoms with Crippen molar-refractivity contribution in [3.63, 3.8) is 0 Å². The fourth-order valence-corrected chi connectivity index (χ4v) is 1.28. The van der Waals surface area contributed by atoms with Gasteiger partial charge in [0, 0.05) is 6.07 Å². The summed E-state index contributed by atoms with van der Waals surface area (Å²) in [6, 6.07) is 1.25. The topological polar surface area (TPSA) is 78.4 Å². The number of alkyl halides is 3. The van der Waals surface area contributed by atoms with Crippen molar-refractivity contribution < 1.29 is 31.6 Å². The zero-order valence-electron chi connectivity index (χ0n) is 9.52. The zero-order chi connectivity index (χ0) is 14.0. The Balaban J connectivity index is 2.49. The minimum absolute atomic E-state index is 0.0546. The first-order chi connectivity index (χ1) is 8.93. The third-order valence-electron chi connectivity index (χ3n) is 2.01. The lowest BCUT2D eigenvalue weighted by Gasteiger charge is -2.03. The Morgan fingerprint density at radius 1 is 1.47 bits per heavy atom. The lowest BCUT2D eigenvalue weighted by molar-refractivity contribution is -0.141. The molecule has 19 heavy (non-hydrogen) atoms. The summed E-state index contributed by atoms with van der Waals surface area (Å²) in [5.74, 6) is -2.71. The zero-order valence-corrected chi connectivity index (χ0v) is 9.52. The van der Waals surface area contributed by atoms with Crippen LogP contribution in [0.4, 0.5) is 13.2 Å². The molecule has 0 saturated heterocycles.